The Morgan fingerprint density at radius 3 is 1.32 bits per heavy atom. The molecular formula is C32H63ClO2S2. The predicted molar refractivity (Wildman–Crippen MR) is 173 cm³/mol. The Labute approximate surface area is 247 Å². The van der Waals surface area contributed by atoms with Crippen molar-refractivity contribution in [1.29, 1.82) is 0 Å². The lowest BCUT2D eigenvalue weighted by Crippen LogP contribution is -2.12. The summed E-state index contributed by atoms with van der Waals surface area (Å²) in [6, 6.07) is 0. The molecule has 0 rings (SSSR count). The Kier molecular flexibility index (Phi) is 34.7. The molecule has 2 nitrogen and oxygen atoms in total. The average Bonchev–Trinajstić information content (AvgIpc) is 2.88. The third-order valence-corrected chi connectivity index (χ3v) is 9.19. The monoisotopic (exact) mass is 578 g/mol. The Morgan fingerprint density at radius 1 is 0.568 bits per heavy atom. The lowest BCUT2D eigenvalue weighted by atomic mass is 9.95. The van der Waals surface area contributed by atoms with E-state index in [0.29, 0.717) is 0 Å². The summed E-state index contributed by atoms with van der Waals surface area (Å²) in [6.07, 6.45) is 28.6. The van der Waals surface area contributed by atoms with Crippen molar-refractivity contribution < 1.29 is 9.59 Å². The summed E-state index contributed by atoms with van der Waals surface area (Å²) >= 11 is 11.5. The van der Waals surface area contributed by atoms with E-state index in [1.165, 1.54) is 122 Å². The molecule has 0 heterocycles. The molecule has 0 saturated carbocycles. The van der Waals surface area contributed by atoms with E-state index in [4.69, 9.17) is 11.6 Å². The van der Waals surface area contributed by atoms with Crippen LogP contribution in [0.5, 0.6) is 0 Å². The summed E-state index contributed by atoms with van der Waals surface area (Å²) in [7, 11) is 0. The second-order valence-corrected chi connectivity index (χ2v) is 12.8. The quantitative estimate of drug-likeness (QED) is 0.0597. The van der Waals surface area contributed by atoms with Gasteiger partial charge in [-0.15, -0.1) is 24.4 Å². The molecule has 0 aromatic rings. The third-order valence-electron chi connectivity index (χ3n) is 7.05. The van der Waals surface area contributed by atoms with Gasteiger partial charge in [0.2, 0.25) is 5.24 Å². The first-order valence-electron chi connectivity index (χ1n) is 16.0. The number of thiol groups is 1. The van der Waals surface area contributed by atoms with E-state index in [0.717, 1.165) is 31.4 Å². The normalized spacial score (nSPS) is 12.6. The molecule has 0 bridgehead atoms. The summed E-state index contributed by atoms with van der Waals surface area (Å²) in [5.41, 5.74) is 0. The van der Waals surface area contributed by atoms with Crippen molar-refractivity contribution in [1.82, 2.24) is 0 Å². The van der Waals surface area contributed by atoms with Gasteiger partial charge in [0.15, 0.2) is 5.12 Å². The van der Waals surface area contributed by atoms with Crippen LogP contribution in [0.1, 0.15) is 175 Å². The number of thioether (sulfide) groups is 1. The number of unbranched alkanes of at least 4 members (excludes halogenated alkanes) is 16. The van der Waals surface area contributed by atoms with Crippen molar-refractivity contribution in [3.63, 3.8) is 0 Å². The van der Waals surface area contributed by atoms with Crippen LogP contribution in [0.2, 0.25) is 0 Å². The number of carbonyl (C=O) groups excluding carboxylic acids is 2. The highest BCUT2D eigenvalue weighted by Crippen LogP contribution is 2.23. The van der Waals surface area contributed by atoms with Gasteiger partial charge in [-0.05, 0) is 43.0 Å². The molecule has 0 radical (unpaired) electrons. The maximum Gasteiger partial charge on any atom is 0.234 e. The molecule has 0 amide bonds. The van der Waals surface area contributed by atoms with E-state index in [9.17, 15) is 9.59 Å². The fraction of sp³-hybridized carbons (Fsp3) is 0.938. The molecule has 2 atom stereocenters. The topological polar surface area (TPSA) is 34.1 Å². The van der Waals surface area contributed by atoms with Crippen molar-refractivity contribution in [2.45, 2.75) is 181 Å². The molecule has 0 aromatic heterocycles. The van der Waals surface area contributed by atoms with Gasteiger partial charge in [0.05, 0.1) is 5.25 Å². The largest absolute Gasteiger partial charge is 0.287 e. The first kappa shape index (κ1) is 39.5. The van der Waals surface area contributed by atoms with Crippen LogP contribution in [0.4, 0.5) is 0 Å². The molecule has 0 N–H and O–H groups in total. The van der Waals surface area contributed by atoms with Gasteiger partial charge in [0.1, 0.15) is 0 Å². The molecule has 0 fully saturated rings. The highest BCUT2D eigenvalue weighted by atomic mass is 35.5. The van der Waals surface area contributed by atoms with Crippen molar-refractivity contribution in [2.75, 3.05) is 5.75 Å². The van der Waals surface area contributed by atoms with Crippen molar-refractivity contribution in [3.05, 3.63) is 0 Å². The summed E-state index contributed by atoms with van der Waals surface area (Å²) in [6.45, 7) is 8.91. The molecule has 0 aliphatic carbocycles. The lowest BCUT2D eigenvalue weighted by molar-refractivity contribution is -0.114. The van der Waals surface area contributed by atoms with Crippen LogP contribution in [0, 0.1) is 5.92 Å². The van der Waals surface area contributed by atoms with Crippen molar-refractivity contribution in [2.24, 2.45) is 5.92 Å². The van der Waals surface area contributed by atoms with E-state index < -0.39 is 0 Å². The van der Waals surface area contributed by atoms with E-state index >= 15 is 0 Å². The molecule has 0 aromatic carbocycles. The molecule has 2 unspecified atom stereocenters. The fourth-order valence-electron chi connectivity index (χ4n) is 4.51. The summed E-state index contributed by atoms with van der Waals surface area (Å²) in [5.74, 6) is 1.30. The van der Waals surface area contributed by atoms with Crippen LogP contribution in [0.25, 0.3) is 0 Å². The maximum absolute atomic E-state index is 11.4. The highest BCUT2D eigenvalue weighted by molar-refractivity contribution is 8.00. The van der Waals surface area contributed by atoms with Gasteiger partial charge in [-0.1, -0.05) is 150 Å². The van der Waals surface area contributed by atoms with E-state index in [-0.39, 0.29) is 21.5 Å². The highest BCUT2D eigenvalue weighted by Gasteiger charge is 2.16. The minimum Gasteiger partial charge on any atom is -0.287 e. The van der Waals surface area contributed by atoms with E-state index in [2.05, 4.69) is 40.3 Å². The smallest absolute Gasteiger partial charge is 0.234 e. The predicted octanol–water partition coefficient (Wildman–Crippen LogP) is 12.0. The van der Waals surface area contributed by atoms with Crippen LogP contribution in [-0.2, 0) is 9.59 Å². The van der Waals surface area contributed by atoms with Crippen LogP contribution in [0.3, 0.4) is 0 Å². The van der Waals surface area contributed by atoms with Gasteiger partial charge >= 0.3 is 0 Å². The fourth-order valence-corrected chi connectivity index (χ4v) is 6.18. The van der Waals surface area contributed by atoms with Gasteiger partial charge < -0.3 is 0 Å². The summed E-state index contributed by atoms with van der Waals surface area (Å²) in [4.78, 5) is 22.8. The average molecular weight is 579 g/mol. The lowest BCUT2D eigenvalue weighted by Gasteiger charge is -2.12. The molecule has 222 valence electrons. The number of hydrogen-bond donors (Lipinski definition) is 1. The van der Waals surface area contributed by atoms with Crippen LogP contribution < -0.4 is 0 Å². The van der Waals surface area contributed by atoms with Gasteiger partial charge in [-0.25, -0.2) is 0 Å². The summed E-state index contributed by atoms with van der Waals surface area (Å²) < 4.78 is 0. The van der Waals surface area contributed by atoms with Gasteiger partial charge in [-0.3, -0.25) is 9.59 Å². The molecule has 37 heavy (non-hydrogen) atoms. The number of halogens is 1. The minimum absolute atomic E-state index is 0.0365. The molecule has 0 aliphatic rings. The maximum atomic E-state index is 11.4. The third kappa shape index (κ3) is 30.7. The minimum atomic E-state index is -0.144. The SMILES string of the molecule is CCCCCCCCC(CCCCCC)C(=O)S.CCCCCCCCC(SCCCCCC)C(=O)Cl. The first-order chi connectivity index (χ1) is 17.9. The van der Waals surface area contributed by atoms with Crippen LogP contribution in [-0.4, -0.2) is 21.4 Å². The molecular weight excluding hydrogens is 516 g/mol. The number of hydrogen-bond acceptors (Lipinski definition) is 3. The molecule has 0 saturated heterocycles. The van der Waals surface area contributed by atoms with E-state index in [1.54, 1.807) is 11.8 Å². The summed E-state index contributed by atoms with van der Waals surface area (Å²) in [5, 5.41) is 0.00331. The van der Waals surface area contributed by atoms with Crippen molar-refractivity contribution >= 4 is 46.3 Å². The second-order valence-electron chi connectivity index (χ2n) is 10.7. The Balaban J connectivity index is 0. The zero-order valence-electron chi connectivity index (χ0n) is 25.2. The van der Waals surface area contributed by atoms with Crippen LogP contribution in [0.15, 0.2) is 0 Å². The zero-order chi connectivity index (χ0) is 28.0. The number of rotatable bonds is 27. The van der Waals surface area contributed by atoms with Crippen molar-refractivity contribution in [3.8, 4) is 0 Å². The molecule has 0 spiro atoms. The Morgan fingerprint density at radius 2 is 0.919 bits per heavy atom. The Hall–Kier alpha value is 0.330. The molecule has 0 aliphatic heterocycles. The zero-order valence-corrected chi connectivity index (χ0v) is 27.6. The van der Waals surface area contributed by atoms with E-state index in [1.807, 2.05) is 0 Å². The van der Waals surface area contributed by atoms with Gasteiger partial charge in [0, 0.05) is 5.92 Å². The second kappa shape index (κ2) is 32.5. The molecule has 5 heteroatoms. The van der Waals surface area contributed by atoms with Gasteiger partial charge in [0.25, 0.3) is 0 Å². The first-order valence-corrected chi connectivity index (χ1v) is 17.8. The Bertz CT molecular complexity index is 487. The van der Waals surface area contributed by atoms with Gasteiger partial charge in [-0.2, -0.15) is 0 Å². The standard InChI is InChI=1S/C16H31ClOS.C16H32OS/c1-3-5-7-9-10-11-13-15(16(17)18)19-14-12-8-6-4-2;1-3-5-7-9-10-12-14-15(16(17)18)13-11-8-6-4-2/h15H,3-14H2,1-2H3;15H,3-14H2,1-2H3,(H,17,18). The number of carbonyl (C=O) groups is 2. The van der Waals surface area contributed by atoms with Crippen LogP contribution >= 0.6 is 36.0 Å².